The van der Waals surface area contributed by atoms with Gasteiger partial charge in [-0.25, -0.2) is 0 Å². The Kier molecular flexibility index (Phi) is 30.2. The Morgan fingerprint density at radius 3 is 1.11 bits per heavy atom. The molecule has 0 aliphatic rings. The van der Waals surface area contributed by atoms with Crippen molar-refractivity contribution in [2.45, 2.75) is 53.4 Å². The first-order chi connectivity index (χ1) is 26.8. The zero-order valence-corrected chi connectivity index (χ0v) is 42.7. The van der Waals surface area contributed by atoms with Crippen LogP contribution in [0.1, 0.15) is 24.5 Å². The number of hydrogen-bond donors (Lipinski definition) is 4. The molecular weight excluding hydrogens is 861 g/mol. The second kappa shape index (κ2) is 30.5. The van der Waals surface area contributed by atoms with Gasteiger partial charge in [0.2, 0.25) is 0 Å². The monoisotopic (exact) mass is 926 g/mol. The quantitative estimate of drug-likeness (QED) is 0.0678. The molecule has 0 heterocycles. The zero-order valence-electron chi connectivity index (χ0n) is 35.2. The van der Waals surface area contributed by atoms with Gasteiger partial charge < -0.3 is 48.7 Å². The molecule has 56 heavy (non-hydrogen) atoms. The van der Waals surface area contributed by atoms with E-state index in [1.165, 1.54) is 5.56 Å². The predicted octanol–water partition coefficient (Wildman–Crippen LogP) is 6.72. The van der Waals surface area contributed by atoms with Crippen molar-refractivity contribution in [3.8, 4) is 0 Å². The van der Waals surface area contributed by atoms with Crippen LogP contribution in [0.2, 0.25) is 18.1 Å². The predicted molar refractivity (Wildman–Crippen MR) is 248 cm³/mol. The molecule has 3 aromatic rings. The molecule has 0 fully saturated rings. The minimum Gasteiger partial charge on any atom is -0.398 e. The average Bonchev–Trinajstić information content (AvgIpc) is 3.26. The second-order valence-corrected chi connectivity index (χ2v) is 26.3. The van der Waals surface area contributed by atoms with Gasteiger partial charge in [0.1, 0.15) is 0 Å². The molecule has 0 saturated carbocycles. The summed E-state index contributed by atoms with van der Waals surface area (Å²) in [4.78, 5) is 1.87. The van der Waals surface area contributed by atoms with Crippen molar-refractivity contribution in [1.82, 2.24) is 0 Å². The lowest BCUT2D eigenvalue weighted by atomic mass is 10.2. The maximum atomic E-state index is 5.42. The number of thiol groups is 4. The summed E-state index contributed by atoms with van der Waals surface area (Å²) in [6.45, 7) is 2.12. The van der Waals surface area contributed by atoms with Crippen LogP contribution in [-0.4, -0.2) is 119 Å². The highest BCUT2D eigenvalue weighted by Gasteiger charge is 2.41. The highest BCUT2D eigenvalue weighted by atomic mass is 32.1. The Morgan fingerprint density at radius 2 is 0.804 bits per heavy atom. The summed E-state index contributed by atoms with van der Waals surface area (Å²) in [6.07, 6.45) is 1.97. The molecule has 0 radical (unpaired) electrons. The normalized spacial score (nSPS) is 11.8. The summed E-state index contributed by atoms with van der Waals surface area (Å²) in [5.41, 5.74) is 2.40. The van der Waals surface area contributed by atoms with Crippen molar-refractivity contribution >= 4 is 95.9 Å². The fourth-order valence-electron chi connectivity index (χ4n) is 5.30. The van der Waals surface area contributed by atoms with Crippen LogP contribution in [0, 0.1) is 0 Å². The van der Waals surface area contributed by atoms with Gasteiger partial charge in [0, 0.05) is 110 Å². The summed E-state index contributed by atoms with van der Waals surface area (Å²) in [6, 6.07) is 26.5. The molecule has 0 N–H and O–H groups in total. The van der Waals surface area contributed by atoms with E-state index >= 15 is 0 Å². The average molecular weight is 928 g/mol. The van der Waals surface area contributed by atoms with Crippen LogP contribution < -0.4 is 10.4 Å². The fraction of sp³-hybridized carbons (Fsp3) is 0.514. The van der Waals surface area contributed by atoms with Crippen LogP contribution in [0.5, 0.6) is 0 Å². The van der Waals surface area contributed by atoms with Gasteiger partial charge in [-0.2, -0.15) is 25.3 Å². The van der Waals surface area contributed by atoms with Gasteiger partial charge in [-0.15, -0.1) is 25.3 Å². The number of rotatable bonds is 21. The van der Waals surface area contributed by atoms with Crippen molar-refractivity contribution in [3.05, 3.63) is 83.9 Å². The summed E-state index contributed by atoms with van der Waals surface area (Å²) in [5.74, 6) is 1.64. The number of benzene rings is 3. The fourth-order valence-corrected chi connectivity index (χ4v) is 13.8. The number of hydrogen-bond acceptors (Lipinski definition) is 15. The molecule has 3 aromatic carbocycles. The largest absolute Gasteiger partial charge is 0.536 e. The van der Waals surface area contributed by atoms with Gasteiger partial charge in [0.15, 0.2) is 0 Å². The molecule has 0 aromatic heterocycles. The van der Waals surface area contributed by atoms with Crippen LogP contribution >= 0.6 is 50.5 Å². The molecular formula is C37H66O11S4Si4. The summed E-state index contributed by atoms with van der Waals surface area (Å²) < 4.78 is 59.0. The first kappa shape index (κ1) is 55.5. The Labute approximate surface area is 363 Å². The van der Waals surface area contributed by atoms with Crippen LogP contribution in [0.25, 0.3) is 0 Å². The van der Waals surface area contributed by atoms with Gasteiger partial charge >= 0.3 is 35.0 Å². The molecule has 0 atom stereocenters. The standard InChI is InChI=1S/C11H18O3SSi.C10H16O3SSi.C9H14O3SSi.C7H18O2SSi/c1-12-16(13-2,14-3)9-8-10-4-6-11(15)7-5-10;1-11-15(12-2,13-3)10-6-4-9(8-14)5-7-10;1-10-14(11-2,12-3)9-6-4-8(13)5-7-9;1-4-11(8-2,9-3)7-5-6-10/h4-7,15H,8-9H2,1-3H3;4-7,14H,8H2,1-3H3;4-7,13H,1-3H3;10H,4-7H2,1-3H3. The molecule has 0 spiro atoms. The van der Waals surface area contributed by atoms with Crippen molar-refractivity contribution < 1.29 is 48.7 Å². The zero-order chi connectivity index (χ0) is 42.7. The van der Waals surface area contributed by atoms with E-state index in [9.17, 15) is 0 Å². The molecule has 0 saturated heterocycles. The lowest BCUT2D eigenvalue weighted by molar-refractivity contribution is 0.123. The minimum atomic E-state index is -2.65. The molecule has 3 rings (SSSR count). The second-order valence-electron chi connectivity index (χ2n) is 11.7. The van der Waals surface area contributed by atoms with E-state index in [-0.39, 0.29) is 0 Å². The van der Waals surface area contributed by atoms with Crippen molar-refractivity contribution in [2.24, 2.45) is 0 Å². The van der Waals surface area contributed by atoms with E-state index in [1.807, 2.05) is 60.7 Å². The van der Waals surface area contributed by atoms with Crippen LogP contribution in [0.3, 0.4) is 0 Å². The molecule has 0 aliphatic carbocycles. The lowest BCUT2D eigenvalue weighted by Crippen LogP contribution is -2.54. The van der Waals surface area contributed by atoms with E-state index in [2.05, 4.69) is 69.6 Å². The molecule has 320 valence electrons. The number of aryl methyl sites for hydroxylation is 1. The smallest absolute Gasteiger partial charge is 0.398 e. The van der Waals surface area contributed by atoms with Gasteiger partial charge in [-0.05, 0) is 66.1 Å². The third-order valence-corrected chi connectivity index (χ3v) is 21.9. The first-order valence-corrected chi connectivity index (χ1v) is 27.5. The molecule has 0 unspecified atom stereocenters. The van der Waals surface area contributed by atoms with E-state index < -0.39 is 35.0 Å². The molecule has 0 amide bonds. The van der Waals surface area contributed by atoms with E-state index in [0.29, 0.717) is 0 Å². The van der Waals surface area contributed by atoms with Crippen molar-refractivity contribution in [1.29, 1.82) is 0 Å². The third kappa shape index (κ3) is 18.0. The van der Waals surface area contributed by atoms with Crippen molar-refractivity contribution in [2.75, 3.05) is 84.0 Å². The summed E-state index contributed by atoms with van der Waals surface area (Å²) in [7, 11) is 8.46. The van der Waals surface area contributed by atoms with Crippen LogP contribution in [0.15, 0.2) is 82.6 Å². The molecule has 0 aliphatic heterocycles. The van der Waals surface area contributed by atoms with Gasteiger partial charge in [-0.1, -0.05) is 55.5 Å². The molecule has 11 nitrogen and oxygen atoms in total. The topological polar surface area (TPSA) is 102 Å². The Balaban J connectivity index is 0.000000727. The highest BCUT2D eigenvalue weighted by molar-refractivity contribution is 7.80. The van der Waals surface area contributed by atoms with Crippen LogP contribution in [0.4, 0.5) is 0 Å². The minimum absolute atomic E-state index is 0.724. The summed E-state index contributed by atoms with van der Waals surface area (Å²) >= 11 is 16.8. The highest BCUT2D eigenvalue weighted by Crippen LogP contribution is 2.20. The maximum absolute atomic E-state index is 5.42. The van der Waals surface area contributed by atoms with Gasteiger partial charge in [0.05, 0.1) is 0 Å². The summed E-state index contributed by atoms with van der Waals surface area (Å²) in [5, 5.41) is 1.89. The molecule has 0 bridgehead atoms. The Bertz CT molecular complexity index is 1370. The van der Waals surface area contributed by atoms with Gasteiger partial charge in [0.25, 0.3) is 0 Å². The Hall–Kier alpha value is -0.512. The van der Waals surface area contributed by atoms with Crippen LogP contribution in [-0.2, 0) is 60.9 Å². The van der Waals surface area contributed by atoms with E-state index in [0.717, 1.165) is 68.2 Å². The van der Waals surface area contributed by atoms with E-state index in [4.69, 9.17) is 48.7 Å². The maximum Gasteiger partial charge on any atom is 0.536 e. The van der Waals surface area contributed by atoms with Gasteiger partial charge in [-0.3, -0.25) is 0 Å². The first-order valence-electron chi connectivity index (χ1n) is 17.8. The SMILES string of the molecule is CC[Si](CCCS)(OC)OC.CO[Si](CCc1ccc(S)cc1)(OC)OC.CO[Si](OC)(OC)c1ccc(CS)cc1.CO[Si](OC)(OC)c1ccc(S)cc1. The van der Waals surface area contributed by atoms with E-state index in [1.54, 1.807) is 78.2 Å². The molecule has 19 heteroatoms. The third-order valence-electron chi connectivity index (χ3n) is 8.91. The lowest BCUT2D eigenvalue weighted by Gasteiger charge is -2.25. The Morgan fingerprint density at radius 1 is 0.446 bits per heavy atom. The van der Waals surface area contributed by atoms with Crippen molar-refractivity contribution in [3.63, 3.8) is 0 Å².